The number of carbonyl (C=O) groups is 4. The van der Waals surface area contributed by atoms with Crippen LogP contribution < -0.4 is 16.0 Å². The summed E-state index contributed by atoms with van der Waals surface area (Å²) in [5, 5.41) is 87.9. The summed E-state index contributed by atoms with van der Waals surface area (Å²) in [6.45, 7) is 4.64. The van der Waals surface area contributed by atoms with Gasteiger partial charge in [0.1, 0.15) is 30.6 Å². The zero-order valence-electron chi connectivity index (χ0n) is 31.1. The van der Waals surface area contributed by atoms with Crippen molar-refractivity contribution in [2.24, 2.45) is 11.8 Å². The first-order chi connectivity index (χ1) is 25.1. The van der Waals surface area contributed by atoms with E-state index in [0.717, 1.165) is 11.3 Å². The Hall–Kier alpha value is -2.98. The van der Waals surface area contributed by atoms with Crippen molar-refractivity contribution in [1.29, 1.82) is 0 Å². The average Bonchev–Trinajstić information content (AvgIpc) is 3.08. The van der Waals surface area contributed by atoms with Crippen LogP contribution in [0.3, 0.4) is 0 Å². The van der Waals surface area contributed by atoms with Crippen molar-refractivity contribution >= 4 is 23.7 Å². The number of aliphatic hydroxyl groups excluding tert-OH is 5. The van der Waals surface area contributed by atoms with Gasteiger partial charge in [0, 0.05) is 56.5 Å². The second kappa shape index (κ2) is 28.4. The Kier molecular flexibility index (Phi) is 26.9. The zero-order valence-corrected chi connectivity index (χ0v) is 32.2. The first kappa shape index (κ1) is 51.0. The summed E-state index contributed by atoms with van der Waals surface area (Å²) in [6.07, 6.45) is 6.04. The van der Waals surface area contributed by atoms with Crippen molar-refractivity contribution in [3.63, 3.8) is 0 Å². The molecule has 1 saturated heterocycles. The Labute approximate surface area is 326 Å². The molecular formula is C34H60FeN6O13. The number of hydrogen-bond acceptors (Lipinski definition) is 16. The number of rotatable bonds is 27. The van der Waals surface area contributed by atoms with E-state index in [2.05, 4.69) is 16.0 Å². The summed E-state index contributed by atoms with van der Waals surface area (Å²) in [4.78, 5) is 49.2. The van der Waals surface area contributed by atoms with Gasteiger partial charge in [-0.15, -0.1) is 0 Å². The third-order valence-corrected chi connectivity index (χ3v) is 8.27. The molecular weight excluding hydrogens is 756 g/mol. The van der Waals surface area contributed by atoms with E-state index in [1.807, 2.05) is 13.8 Å². The quantitative estimate of drug-likeness (QED) is 0.0119. The fraction of sp³-hybridized carbons (Fsp3) is 0.706. The van der Waals surface area contributed by atoms with Crippen molar-refractivity contribution in [3.05, 3.63) is 36.6 Å². The molecule has 19 nitrogen and oxygen atoms in total. The molecule has 0 aliphatic carbocycles. The fourth-order valence-electron chi connectivity index (χ4n) is 5.14. The minimum atomic E-state index is -1.50. The molecule has 0 spiro atoms. The zero-order chi connectivity index (χ0) is 39.9. The van der Waals surface area contributed by atoms with E-state index in [4.69, 9.17) is 14.9 Å². The van der Waals surface area contributed by atoms with Crippen LogP contribution in [-0.4, -0.2) is 150 Å². The van der Waals surface area contributed by atoms with Crippen LogP contribution >= 0.6 is 0 Å². The molecule has 1 aliphatic rings. The molecule has 3 amide bonds. The molecule has 0 aromatic rings. The molecule has 20 heteroatoms. The maximum absolute atomic E-state index is 12.6. The van der Waals surface area contributed by atoms with Gasteiger partial charge < -0.3 is 56.6 Å². The normalized spacial score (nSPS) is 19.6. The van der Waals surface area contributed by atoms with E-state index in [9.17, 15) is 50.1 Å². The van der Waals surface area contributed by atoms with Crippen molar-refractivity contribution in [1.82, 2.24) is 31.1 Å². The Balaban J connectivity index is 0.0000281. The molecule has 11 N–H and O–H groups in total. The molecule has 0 saturated carbocycles. The maximum atomic E-state index is 12.6. The Bertz CT molecular complexity index is 1200. The van der Waals surface area contributed by atoms with Gasteiger partial charge in [-0.2, -0.15) is 10.1 Å². The first-order valence-corrected chi connectivity index (χ1v) is 17.8. The smallest absolute Gasteiger partial charge is 0.328 e. The predicted octanol–water partition coefficient (Wildman–Crippen LogP) is -0.952. The van der Waals surface area contributed by atoms with Crippen molar-refractivity contribution in [2.75, 3.05) is 32.9 Å². The van der Waals surface area contributed by atoms with Gasteiger partial charge in [0.2, 0.25) is 17.7 Å². The molecule has 0 bridgehead atoms. The van der Waals surface area contributed by atoms with E-state index in [1.165, 1.54) is 37.3 Å². The number of aliphatic hydroxyl groups is 5. The summed E-state index contributed by atoms with van der Waals surface area (Å²) in [6, 6.07) is -2.95. The molecule has 0 aromatic carbocycles. The van der Waals surface area contributed by atoms with Gasteiger partial charge in [0.15, 0.2) is 6.23 Å². The third kappa shape index (κ3) is 21.2. The van der Waals surface area contributed by atoms with Gasteiger partial charge in [-0.05, 0) is 69.3 Å². The molecule has 54 heavy (non-hydrogen) atoms. The SMILES string of the molecule is CC(=O)NC(CCCN(O)C(O)CC(C)CCO)C(=O)OCC/C=C\C(O)N(O)C=CCC1NC(=O)C(C=CCN(O)C(O)CC(C)CCO)NC1=O.[Fe]. The van der Waals surface area contributed by atoms with E-state index in [0.29, 0.717) is 23.0 Å². The number of nitrogens with one attached hydrogen (secondary N) is 3. The van der Waals surface area contributed by atoms with E-state index in [1.54, 1.807) is 0 Å². The Morgan fingerprint density at radius 2 is 1.50 bits per heavy atom. The summed E-state index contributed by atoms with van der Waals surface area (Å²) < 4.78 is 5.22. The standard InChI is InChI=1S/C34H60N6O13.Fe/c1-23(13-18-41)21-30(45)39(51)16-7-10-27-33(48)36-26(32(47)37-27)9-6-15-38(50)29(44)12-4-5-20-53-34(49)28(35-25(3)43)11-8-17-40(52)31(46)22-24(2)14-19-42;/h4,6-7,10,12,15,23-24,26-31,41-42,44-46,50-52H,5,8-9,11,13-14,16-22H2,1-3H3,(H,35,43)(H,36,48)(H,37,47);/b10-7?,12-4-,15-6?;. The largest absolute Gasteiger partial charge is 0.464 e. The van der Waals surface area contributed by atoms with Crippen molar-refractivity contribution in [3.8, 4) is 0 Å². The van der Waals surface area contributed by atoms with Crippen LogP contribution in [0.2, 0.25) is 0 Å². The van der Waals surface area contributed by atoms with E-state index in [-0.39, 0.29) is 100 Å². The number of esters is 1. The van der Waals surface area contributed by atoms with Crippen LogP contribution in [0.15, 0.2) is 36.6 Å². The topological polar surface area (TPSA) is 285 Å². The number of hydrogen-bond donors (Lipinski definition) is 11. The summed E-state index contributed by atoms with van der Waals surface area (Å²) in [7, 11) is 0. The first-order valence-electron chi connectivity index (χ1n) is 17.8. The van der Waals surface area contributed by atoms with Crippen LogP contribution in [0.5, 0.6) is 0 Å². The molecule has 8 atom stereocenters. The third-order valence-electron chi connectivity index (χ3n) is 8.27. The minimum Gasteiger partial charge on any atom is -0.464 e. The molecule has 0 aromatic heterocycles. The number of carbonyl (C=O) groups excluding carboxylic acids is 4. The monoisotopic (exact) mass is 816 g/mol. The van der Waals surface area contributed by atoms with Gasteiger partial charge in [-0.25, -0.2) is 9.86 Å². The van der Waals surface area contributed by atoms with Crippen molar-refractivity contribution < 1.29 is 82.1 Å². The number of hydroxylamine groups is 6. The fourth-order valence-corrected chi connectivity index (χ4v) is 5.14. The van der Waals surface area contributed by atoms with Crippen LogP contribution in [0.4, 0.5) is 0 Å². The van der Waals surface area contributed by atoms with Crippen LogP contribution in [0.1, 0.15) is 72.1 Å². The van der Waals surface area contributed by atoms with Gasteiger partial charge in [-0.1, -0.05) is 38.2 Å². The van der Waals surface area contributed by atoms with Gasteiger partial charge >= 0.3 is 5.97 Å². The number of nitrogens with zero attached hydrogens (tertiary/aromatic N) is 3. The molecule has 1 heterocycles. The molecule has 0 radical (unpaired) electrons. The molecule has 1 fully saturated rings. The summed E-state index contributed by atoms with van der Waals surface area (Å²) in [5.74, 6) is -2.22. The molecule has 312 valence electrons. The van der Waals surface area contributed by atoms with Gasteiger partial charge in [0.05, 0.1) is 6.61 Å². The van der Waals surface area contributed by atoms with Gasteiger partial charge in [-0.3, -0.25) is 19.6 Å². The molecule has 8 unspecified atom stereocenters. The van der Waals surface area contributed by atoms with Crippen LogP contribution in [0.25, 0.3) is 0 Å². The summed E-state index contributed by atoms with van der Waals surface area (Å²) in [5.41, 5.74) is 0. The molecule has 1 aliphatic heterocycles. The predicted molar refractivity (Wildman–Crippen MR) is 188 cm³/mol. The van der Waals surface area contributed by atoms with Crippen molar-refractivity contribution in [2.45, 2.75) is 109 Å². The average molecular weight is 817 g/mol. The van der Waals surface area contributed by atoms with Crippen LogP contribution in [0, 0.1) is 11.8 Å². The Morgan fingerprint density at radius 1 is 0.889 bits per heavy atom. The minimum absolute atomic E-state index is 0. The second-order valence-corrected chi connectivity index (χ2v) is 13.1. The Morgan fingerprint density at radius 3 is 2.09 bits per heavy atom. The van der Waals surface area contributed by atoms with E-state index < -0.39 is 60.5 Å². The van der Waals surface area contributed by atoms with E-state index >= 15 is 0 Å². The van der Waals surface area contributed by atoms with Crippen LogP contribution in [-0.2, 0) is 41.0 Å². The number of piperazine rings is 1. The van der Waals surface area contributed by atoms with Gasteiger partial charge in [0.25, 0.3) is 0 Å². The maximum Gasteiger partial charge on any atom is 0.328 e. The number of ether oxygens (including phenoxy) is 1. The summed E-state index contributed by atoms with van der Waals surface area (Å²) >= 11 is 0. The number of amides is 3. The molecule has 1 rings (SSSR count). The second-order valence-electron chi connectivity index (χ2n) is 13.1.